The number of nitrogens with one attached hydrogen (secondary N) is 1. The number of thiophene rings is 1. The minimum atomic E-state index is -0.428. The number of nitrogens with zero attached hydrogens (tertiary/aromatic N) is 1. The van der Waals surface area contributed by atoms with Crippen LogP contribution in [-0.2, 0) is 9.53 Å². The number of methoxy groups -OCH3 is 1. The molecule has 0 fully saturated rings. The van der Waals surface area contributed by atoms with E-state index in [1.165, 1.54) is 18.4 Å². The summed E-state index contributed by atoms with van der Waals surface area (Å²) in [5, 5.41) is 4.52. The number of carbonyl (C=O) groups excluding carboxylic acids is 2. The molecule has 0 bridgehead atoms. The van der Waals surface area contributed by atoms with Crippen LogP contribution in [0.3, 0.4) is 0 Å². The van der Waals surface area contributed by atoms with Crippen molar-refractivity contribution in [3.05, 3.63) is 16.3 Å². The van der Waals surface area contributed by atoms with Crippen molar-refractivity contribution in [3.63, 3.8) is 0 Å². The maximum atomic E-state index is 12.0. The second-order valence-electron chi connectivity index (χ2n) is 4.76. The molecule has 0 aliphatic carbocycles. The minimum Gasteiger partial charge on any atom is -0.465 e. The molecule has 0 radical (unpaired) electrons. The Hall–Kier alpha value is -1.40. The molecule has 112 valence electrons. The van der Waals surface area contributed by atoms with Crippen LogP contribution in [0.15, 0.2) is 11.4 Å². The van der Waals surface area contributed by atoms with Gasteiger partial charge in [0, 0.05) is 6.04 Å². The topological polar surface area (TPSA) is 58.6 Å². The van der Waals surface area contributed by atoms with Crippen molar-refractivity contribution < 1.29 is 14.3 Å². The summed E-state index contributed by atoms with van der Waals surface area (Å²) >= 11 is 1.25. The fraction of sp³-hybridized carbons (Fsp3) is 0.571. The molecule has 1 rings (SSSR count). The van der Waals surface area contributed by atoms with Gasteiger partial charge in [-0.2, -0.15) is 0 Å². The molecule has 0 aromatic carbocycles. The van der Waals surface area contributed by atoms with Crippen molar-refractivity contribution in [2.24, 2.45) is 0 Å². The molecule has 1 amide bonds. The smallest absolute Gasteiger partial charge is 0.350 e. The van der Waals surface area contributed by atoms with Crippen molar-refractivity contribution in [2.45, 2.75) is 32.7 Å². The summed E-state index contributed by atoms with van der Waals surface area (Å²) in [4.78, 5) is 25.9. The number of ether oxygens (including phenoxy) is 1. The van der Waals surface area contributed by atoms with Gasteiger partial charge in [-0.25, -0.2) is 4.79 Å². The van der Waals surface area contributed by atoms with Gasteiger partial charge in [0.05, 0.1) is 19.3 Å². The van der Waals surface area contributed by atoms with Crippen LogP contribution < -0.4 is 5.32 Å². The number of esters is 1. The van der Waals surface area contributed by atoms with Gasteiger partial charge >= 0.3 is 5.97 Å². The highest BCUT2D eigenvalue weighted by Crippen LogP contribution is 2.23. The minimum absolute atomic E-state index is 0.126. The van der Waals surface area contributed by atoms with Crippen LogP contribution >= 0.6 is 11.3 Å². The zero-order valence-corrected chi connectivity index (χ0v) is 13.3. The first-order valence-corrected chi connectivity index (χ1v) is 7.53. The molecule has 0 saturated heterocycles. The van der Waals surface area contributed by atoms with Crippen molar-refractivity contribution in [1.82, 2.24) is 4.90 Å². The van der Waals surface area contributed by atoms with Gasteiger partial charge in [-0.15, -0.1) is 11.3 Å². The van der Waals surface area contributed by atoms with Crippen molar-refractivity contribution in [1.29, 1.82) is 0 Å². The van der Waals surface area contributed by atoms with Crippen LogP contribution in [0, 0.1) is 0 Å². The van der Waals surface area contributed by atoms with E-state index in [0.29, 0.717) is 23.2 Å². The molecule has 1 N–H and O–H groups in total. The SMILES string of the molecule is CCCC(C)N(C)CC(=O)Nc1ccsc1C(=O)OC. The van der Waals surface area contributed by atoms with E-state index in [9.17, 15) is 9.59 Å². The second kappa shape index (κ2) is 8.01. The number of carbonyl (C=O) groups is 2. The average molecular weight is 298 g/mol. The molecule has 0 aliphatic heterocycles. The first kappa shape index (κ1) is 16.7. The zero-order chi connectivity index (χ0) is 15.1. The fourth-order valence-corrected chi connectivity index (χ4v) is 2.63. The average Bonchev–Trinajstić information content (AvgIpc) is 2.85. The lowest BCUT2D eigenvalue weighted by Gasteiger charge is -2.23. The highest BCUT2D eigenvalue weighted by molar-refractivity contribution is 7.12. The second-order valence-corrected chi connectivity index (χ2v) is 5.67. The number of anilines is 1. The Kier molecular flexibility index (Phi) is 6.67. The highest BCUT2D eigenvalue weighted by Gasteiger charge is 2.17. The standard InChI is InChI=1S/C14H22N2O3S/c1-5-6-10(2)16(3)9-12(17)15-11-7-8-20-13(11)14(18)19-4/h7-8,10H,5-6,9H2,1-4H3,(H,15,17). The van der Waals surface area contributed by atoms with Crippen LogP contribution in [0.25, 0.3) is 0 Å². The van der Waals surface area contributed by atoms with Gasteiger partial charge in [-0.1, -0.05) is 13.3 Å². The fourth-order valence-electron chi connectivity index (χ4n) is 1.87. The Morgan fingerprint density at radius 1 is 1.50 bits per heavy atom. The van der Waals surface area contributed by atoms with Gasteiger partial charge in [-0.3, -0.25) is 9.69 Å². The molecule has 1 unspecified atom stereocenters. The lowest BCUT2D eigenvalue weighted by molar-refractivity contribution is -0.117. The van der Waals surface area contributed by atoms with Crippen molar-refractivity contribution in [2.75, 3.05) is 26.0 Å². The van der Waals surface area contributed by atoms with Crippen molar-refractivity contribution >= 4 is 28.9 Å². The predicted molar refractivity (Wildman–Crippen MR) is 81.3 cm³/mol. The third-order valence-corrected chi connectivity index (χ3v) is 4.06. The molecule has 0 aliphatic rings. The third-order valence-electron chi connectivity index (χ3n) is 3.16. The van der Waals surface area contributed by atoms with E-state index in [1.54, 1.807) is 11.4 Å². The summed E-state index contributed by atoms with van der Waals surface area (Å²) in [6, 6.07) is 2.07. The molecular formula is C14H22N2O3S. The molecule has 1 aromatic heterocycles. The molecular weight excluding hydrogens is 276 g/mol. The van der Waals surface area contributed by atoms with Gasteiger partial charge in [0.15, 0.2) is 0 Å². The summed E-state index contributed by atoms with van der Waals surface area (Å²) in [5.41, 5.74) is 0.517. The lowest BCUT2D eigenvalue weighted by Crippen LogP contribution is -2.36. The summed E-state index contributed by atoms with van der Waals surface area (Å²) in [6.45, 7) is 4.53. The van der Waals surface area contributed by atoms with Gasteiger partial charge in [0.2, 0.25) is 5.91 Å². The summed E-state index contributed by atoms with van der Waals surface area (Å²) < 4.78 is 4.68. The normalized spacial score (nSPS) is 12.2. The number of hydrogen-bond acceptors (Lipinski definition) is 5. The van der Waals surface area contributed by atoms with Gasteiger partial charge in [0.25, 0.3) is 0 Å². The van der Waals surface area contributed by atoms with Crippen LogP contribution in [0.4, 0.5) is 5.69 Å². The van der Waals surface area contributed by atoms with Crippen LogP contribution in [0.1, 0.15) is 36.4 Å². The van der Waals surface area contributed by atoms with Crippen molar-refractivity contribution in [3.8, 4) is 0 Å². The monoisotopic (exact) mass is 298 g/mol. The quantitative estimate of drug-likeness (QED) is 0.786. The molecule has 0 spiro atoms. The number of hydrogen-bond donors (Lipinski definition) is 1. The molecule has 20 heavy (non-hydrogen) atoms. The number of likely N-dealkylation sites (N-methyl/N-ethyl adjacent to an activating group) is 1. The Labute approximate surface area is 123 Å². The maximum absolute atomic E-state index is 12.0. The van der Waals surface area contributed by atoms with Crippen LogP contribution in [0.2, 0.25) is 0 Å². The van der Waals surface area contributed by atoms with E-state index in [4.69, 9.17) is 0 Å². The third kappa shape index (κ3) is 4.61. The zero-order valence-electron chi connectivity index (χ0n) is 12.4. The van der Waals surface area contributed by atoms with E-state index in [1.807, 2.05) is 11.9 Å². The maximum Gasteiger partial charge on any atom is 0.350 e. The summed E-state index contributed by atoms with van der Waals surface area (Å²) in [6.07, 6.45) is 2.14. The Morgan fingerprint density at radius 2 is 2.20 bits per heavy atom. The predicted octanol–water partition coefficient (Wildman–Crippen LogP) is 2.59. The van der Waals surface area contributed by atoms with Crippen LogP contribution in [-0.4, -0.2) is 43.5 Å². The van der Waals surface area contributed by atoms with E-state index in [0.717, 1.165) is 12.8 Å². The molecule has 0 saturated carbocycles. The van der Waals surface area contributed by atoms with E-state index < -0.39 is 5.97 Å². The van der Waals surface area contributed by atoms with Gasteiger partial charge < -0.3 is 10.1 Å². The van der Waals surface area contributed by atoms with Gasteiger partial charge in [-0.05, 0) is 31.8 Å². The highest BCUT2D eigenvalue weighted by atomic mass is 32.1. The van der Waals surface area contributed by atoms with Gasteiger partial charge in [0.1, 0.15) is 4.88 Å². The first-order valence-electron chi connectivity index (χ1n) is 6.65. The van der Waals surface area contributed by atoms with E-state index in [-0.39, 0.29) is 5.91 Å². The number of amides is 1. The molecule has 1 atom stereocenters. The molecule has 5 nitrogen and oxygen atoms in total. The first-order chi connectivity index (χ1) is 9.49. The summed E-state index contributed by atoms with van der Waals surface area (Å²) in [5.74, 6) is -0.554. The molecule has 1 aromatic rings. The molecule has 1 heterocycles. The Bertz CT molecular complexity index is 459. The summed E-state index contributed by atoms with van der Waals surface area (Å²) in [7, 11) is 3.25. The lowest BCUT2D eigenvalue weighted by atomic mass is 10.2. The number of rotatable bonds is 7. The van der Waals surface area contributed by atoms with Crippen LogP contribution in [0.5, 0.6) is 0 Å². The Balaban J connectivity index is 2.59. The largest absolute Gasteiger partial charge is 0.465 e. The van der Waals surface area contributed by atoms with E-state index >= 15 is 0 Å². The Morgan fingerprint density at radius 3 is 2.80 bits per heavy atom. The molecule has 6 heteroatoms. The van der Waals surface area contributed by atoms with E-state index in [2.05, 4.69) is 23.9 Å².